The van der Waals surface area contributed by atoms with E-state index in [1.807, 2.05) is 13.8 Å². The molecule has 0 atom stereocenters. The second kappa shape index (κ2) is 6.42. The number of aromatic nitrogens is 2. The SMILES string of the molecule is CC(C)CN1C(=O)N(C)C(=O)C12CCN(C(=O)c1cnccn1)CC2. The molecule has 8 heteroatoms. The third-order valence-corrected chi connectivity index (χ3v) is 4.95. The maximum absolute atomic E-state index is 12.8. The molecule has 2 aliphatic rings. The number of piperidine rings is 1. The first-order chi connectivity index (χ1) is 11.9. The highest BCUT2D eigenvalue weighted by atomic mass is 16.2. The normalized spacial score (nSPS) is 20.1. The Balaban J connectivity index is 1.78. The maximum atomic E-state index is 12.8. The Morgan fingerprint density at radius 3 is 2.48 bits per heavy atom. The van der Waals surface area contributed by atoms with Gasteiger partial charge >= 0.3 is 6.03 Å². The van der Waals surface area contributed by atoms with Gasteiger partial charge in [0.1, 0.15) is 11.2 Å². The molecule has 0 aromatic carbocycles. The van der Waals surface area contributed by atoms with Crippen LogP contribution < -0.4 is 0 Å². The molecule has 3 rings (SSSR count). The largest absolute Gasteiger partial charge is 0.337 e. The molecule has 4 amide bonds. The smallest absolute Gasteiger partial charge is 0.327 e. The molecule has 0 N–H and O–H groups in total. The van der Waals surface area contributed by atoms with Gasteiger partial charge in [-0.2, -0.15) is 0 Å². The number of rotatable bonds is 3. The van der Waals surface area contributed by atoms with Gasteiger partial charge in [0, 0.05) is 39.1 Å². The molecule has 3 heterocycles. The summed E-state index contributed by atoms with van der Waals surface area (Å²) in [6, 6.07) is -0.243. The number of likely N-dealkylation sites (N-methyl/N-ethyl adjacent to an activating group) is 1. The van der Waals surface area contributed by atoms with Gasteiger partial charge in [-0.05, 0) is 18.8 Å². The van der Waals surface area contributed by atoms with E-state index in [2.05, 4.69) is 9.97 Å². The highest BCUT2D eigenvalue weighted by Gasteiger charge is 2.57. The van der Waals surface area contributed by atoms with Crippen molar-refractivity contribution in [1.29, 1.82) is 0 Å². The molecule has 0 bridgehead atoms. The Hall–Kier alpha value is -2.51. The van der Waals surface area contributed by atoms with Crippen LogP contribution in [0.3, 0.4) is 0 Å². The molecule has 0 radical (unpaired) electrons. The Labute approximate surface area is 146 Å². The molecule has 0 aliphatic carbocycles. The fourth-order valence-electron chi connectivity index (χ4n) is 3.63. The topological polar surface area (TPSA) is 86.7 Å². The van der Waals surface area contributed by atoms with Crippen molar-refractivity contribution in [2.24, 2.45) is 5.92 Å². The van der Waals surface area contributed by atoms with E-state index in [0.29, 0.717) is 38.2 Å². The zero-order valence-electron chi connectivity index (χ0n) is 14.8. The Morgan fingerprint density at radius 1 is 1.24 bits per heavy atom. The summed E-state index contributed by atoms with van der Waals surface area (Å²) in [6.45, 7) is 5.41. The molecule has 8 nitrogen and oxygen atoms in total. The van der Waals surface area contributed by atoms with Crippen LogP contribution in [0.5, 0.6) is 0 Å². The van der Waals surface area contributed by atoms with Gasteiger partial charge in [0.05, 0.1) is 6.20 Å². The van der Waals surface area contributed by atoms with Crippen LogP contribution in [0, 0.1) is 5.92 Å². The van der Waals surface area contributed by atoms with E-state index < -0.39 is 5.54 Å². The van der Waals surface area contributed by atoms with Crippen LogP contribution in [0.15, 0.2) is 18.6 Å². The monoisotopic (exact) mass is 345 g/mol. The average molecular weight is 345 g/mol. The first-order valence-electron chi connectivity index (χ1n) is 8.52. The van der Waals surface area contributed by atoms with Crippen LogP contribution in [0.2, 0.25) is 0 Å². The second-order valence-corrected chi connectivity index (χ2v) is 7.07. The first-order valence-corrected chi connectivity index (χ1v) is 8.52. The summed E-state index contributed by atoms with van der Waals surface area (Å²) in [5.74, 6) is -0.0902. The van der Waals surface area contributed by atoms with Crippen molar-refractivity contribution < 1.29 is 14.4 Å². The van der Waals surface area contributed by atoms with Crippen LogP contribution in [0.25, 0.3) is 0 Å². The highest BCUT2D eigenvalue weighted by molar-refractivity contribution is 6.07. The fourth-order valence-corrected chi connectivity index (χ4v) is 3.63. The average Bonchev–Trinajstić information content (AvgIpc) is 2.78. The van der Waals surface area contributed by atoms with E-state index in [4.69, 9.17) is 0 Å². The number of carbonyl (C=O) groups excluding carboxylic acids is 3. The van der Waals surface area contributed by atoms with Crippen LogP contribution in [-0.4, -0.2) is 74.7 Å². The van der Waals surface area contributed by atoms with E-state index >= 15 is 0 Å². The van der Waals surface area contributed by atoms with Gasteiger partial charge in [-0.25, -0.2) is 9.78 Å². The maximum Gasteiger partial charge on any atom is 0.327 e. The molecule has 134 valence electrons. The molecule has 1 spiro atoms. The van der Waals surface area contributed by atoms with Gasteiger partial charge in [-0.15, -0.1) is 0 Å². The molecule has 0 saturated carbocycles. The van der Waals surface area contributed by atoms with Crippen molar-refractivity contribution >= 4 is 17.8 Å². The molecule has 25 heavy (non-hydrogen) atoms. The predicted molar refractivity (Wildman–Crippen MR) is 89.6 cm³/mol. The lowest BCUT2D eigenvalue weighted by Gasteiger charge is -2.42. The quantitative estimate of drug-likeness (QED) is 0.763. The van der Waals surface area contributed by atoms with Crippen LogP contribution in [0.1, 0.15) is 37.2 Å². The van der Waals surface area contributed by atoms with Gasteiger partial charge in [0.25, 0.3) is 11.8 Å². The highest BCUT2D eigenvalue weighted by Crippen LogP contribution is 2.37. The predicted octanol–water partition coefficient (Wildman–Crippen LogP) is 1.00. The number of likely N-dealkylation sites (tertiary alicyclic amines) is 1. The number of imide groups is 1. The van der Waals surface area contributed by atoms with Gasteiger partial charge in [0.2, 0.25) is 0 Å². The lowest BCUT2D eigenvalue weighted by molar-refractivity contribution is -0.134. The third-order valence-electron chi connectivity index (χ3n) is 4.95. The number of carbonyl (C=O) groups is 3. The van der Waals surface area contributed by atoms with Crippen molar-refractivity contribution in [3.8, 4) is 0 Å². The summed E-state index contributed by atoms with van der Waals surface area (Å²) in [7, 11) is 1.53. The number of hydrogen-bond donors (Lipinski definition) is 0. The minimum absolute atomic E-state index is 0.162. The number of hydrogen-bond acceptors (Lipinski definition) is 5. The number of urea groups is 1. The fraction of sp³-hybridized carbons (Fsp3) is 0.588. The molecule has 1 aromatic heterocycles. The molecule has 2 aliphatic heterocycles. The van der Waals surface area contributed by atoms with E-state index in [9.17, 15) is 14.4 Å². The van der Waals surface area contributed by atoms with Crippen molar-refractivity contribution in [1.82, 2.24) is 24.7 Å². The zero-order chi connectivity index (χ0) is 18.2. The summed E-state index contributed by atoms with van der Waals surface area (Å²) >= 11 is 0. The first kappa shape index (κ1) is 17.3. The number of nitrogens with zero attached hydrogens (tertiary/aromatic N) is 5. The Kier molecular flexibility index (Phi) is 4.45. The lowest BCUT2D eigenvalue weighted by atomic mass is 9.85. The second-order valence-electron chi connectivity index (χ2n) is 7.07. The standard InChI is InChI=1S/C17H23N5O3/c1-12(2)11-22-16(25)20(3)15(24)17(22)4-8-21(9-5-17)14(23)13-10-18-6-7-19-13/h6-7,10,12H,4-5,8-9,11H2,1-3H3. The van der Waals surface area contributed by atoms with Gasteiger partial charge < -0.3 is 9.80 Å². The van der Waals surface area contributed by atoms with Gasteiger partial charge in [-0.1, -0.05) is 13.8 Å². The molecule has 2 fully saturated rings. The molecule has 2 saturated heterocycles. The van der Waals surface area contributed by atoms with Crippen LogP contribution in [-0.2, 0) is 4.79 Å². The Bertz CT molecular complexity index is 683. The number of amides is 4. The molecule has 1 aromatic rings. The summed E-state index contributed by atoms with van der Waals surface area (Å²) in [4.78, 5) is 50.3. The van der Waals surface area contributed by atoms with Crippen molar-refractivity contribution in [2.45, 2.75) is 32.2 Å². The Morgan fingerprint density at radius 2 is 1.92 bits per heavy atom. The minimum atomic E-state index is -0.824. The summed E-state index contributed by atoms with van der Waals surface area (Å²) in [5.41, 5.74) is -0.529. The van der Waals surface area contributed by atoms with Crippen molar-refractivity contribution in [2.75, 3.05) is 26.7 Å². The molecule has 0 unspecified atom stereocenters. The van der Waals surface area contributed by atoms with E-state index in [1.54, 1.807) is 9.80 Å². The minimum Gasteiger partial charge on any atom is -0.337 e. The van der Waals surface area contributed by atoms with Crippen molar-refractivity contribution in [3.63, 3.8) is 0 Å². The summed E-state index contributed by atoms with van der Waals surface area (Å²) in [5, 5.41) is 0. The van der Waals surface area contributed by atoms with Gasteiger partial charge in [0.15, 0.2) is 0 Å². The van der Waals surface area contributed by atoms with E-state index in [1.165, 1.54) is 30.5 Å². The van der Waals surface area contributed by atoms with Crippen molar-refractivity contribution in [3.05, 3.63) is 24.3 Å². The summed E-state index contributed by atoms with van der Waals surface area (Å²) in [6.07, 6.45) is 5.33. The van der Waals surface area contributed by atoms with E-state index in [-0.39, 0.29) is 23.8 Å². The van der Waals surface area contributed by atoms with Crippen LogP contribution in [0.4, 0.5) is 4.79 Å². The third kappa shape index (κ3) is 2.85. The molecular weight excluding hydrogens is 322 g/mol. The molecular formula is C17H23N5O3. The lowest BCUT2D eigenvalue weighted by Crippen LogP contribution is -2.58. The summed E-state index contributed by atoms with van der Waals surface area (Å²) < 4.78 is 0. The zero-order valence-corrected chi connectivity index (χ0v) is 14.8. The van der Waals surface area contributed by atoms with Crippen LogP contribution >= 0.6 is 0 Å². The van der Waals surface area contributed by atoms with E-state index in [0.717, 1.165) is 0 Å². The van der Waals surface area contributed by atoms with Gasteiger partial charge in [-0.3, -0.25) is 19.5 Å².